The van der Waals surface area contributed by atoms with E-state index in [9.17, 15) is 9.90 Å². The number of carbonyl (C=O) groups excluding carboxylic acids is 1. The van der Waals surface area contributed by atoms with Crippen molar-refractivity contribution in [3.8, 4) is 5.75 Å². The Morgan fingerprint density at radius 2 is 1.62 bits per heavy atom. The highest BCUT2D eigenvalue weighted by atomic mass is 16.3. The highest BCUT2D eigenvalue weighted by Gasteiger charge is 2.35. The van der Waals surface area contributed by atoms with Crippen LogP contribution in [0.3, 0.4) is 0 Å². The predicted molar refractivity (Wildman–Crippen MR) is 83.6 cm³/mol. The third kappa shape index (κ3) is 3.46. The summed E-state index contributed by atoms with van der Waals surface area (Å²) >= 11 is 0. The molecule has 3 heteroatoms. The lowest BCUT2D eigenvalue weighted by Gasteiger charge is -2.44. The predicted octanol–water partition coefficient (Wildman–Crippen LogP) is 3.62. The molecule has 1 saturated carbocycles. The number of phenols is 1. The lowest BCUT2D eigenvalue weighted by atomic mass is 9.68. The van der Waals surface area contributed by atoms with Crippen molar-refractivity contribution in [1.29, 1.82) is 0 Å². The van der Waals surface area contributed by atoms with Crippen molar-refractivity contribution in [2.45, 2.75) is 44.9 Å². The molecule has 0 bridgehead atoms. The van der Waals surface area contributed by atoms with Gasteiger partial charge in [0.05, 0.1) is 6.54 Å². The number of benzene rings is 1. The van der Waals surface area contributed by atoms with Gasteiger partial charge in [0.1, 0.15) is 5.75 Å². The summed E-state index contributed by atoms with van der Waals surface area (Å²) in [5, 5.41) is 9.28. The molecule has 1 aromatic rings. The number of ketones is 1. The Kier molecular flexibility index (Phi) is 4.29. The number of hydrogen-bond donors (Lipinski definition) is 1. The summed E-state index contributed by atoms with van der Waals surface area (Å²) < 4.78 is 0. The standard InChI is InChI=1S/C18H25NO2/c20-16-6-4-15(5-7-16)17(21)14-19-12-10-18(11-13-19)8-2-1-3-9-18/h4-7,20H,1-3,8-14H2. The van der Waals surface area contributed by atoms with Crippen LogP contribution >= 0.6 is 0 Å². The summed E-state index contributed by atoms with van der Waals surface area (Å²) in [4.78, 5) is 14.6. The molecule has 1 N–H and O–H groups in total. The average Bonchev–Trinajstić information content (AvgIpc) is 2.51. The normalized spacial score (nSPS) is 22.3. The maximum atomic E-state index is 12.3. The Hall–Kier alpha value is -1.35. The monoisotopic (exact) mass is 287 g/mol. The molecule has 0 radical (unpaired) electrons. The Morgan fingerprint density at radius 1 is 1.00 bits per heavy atom. The molecule has 2 aliphatic rings. The van der Waals surface area contributed by atoms with Gasteiger partial charge in [-0.05, 0) is 68.5 Å². The number of rotatable bonds is 3. The van der Waals surface area contributed by atoms with E-state index in [-0.39, 0.29) is 11.5 Å². The fourth-order valence-electron chi connectivity index (χ4n) is 3.93. The zero-order valence-corrected chi connectivity index (χ0v) is 12.7. The van der Waals surface area contributed by atoms with E-state index < -0.39 is 0 Å². The van der Waals surface area contributed by atoms with Gasteiger partial charge < -0.3 is 5.11 Å². The van der Waals surface area contributed by atoms with Gasteiger partial charge in [-0.25, -0.2) is 0 Å². The van der Waals surface area contributed by atoms with Crippen molar-refractivity contribution in [2.24, 2.45) is 5.41 Å². The molecule has 3 rings (SSSR count). The number of phenolic OH excluding ortho intramolecular Hbond substituents is 1. The number of aromatic hydroxyl groups is 1. The van der Waals surface area contributed by atoms with Crippen LogP contribution in [0.2, 0.25) is 0 Å². The molecule has 3 nitrogen and oxygen atoms in total. The van der Waals surface area contributed by atoms with Crippen LogP contribution in [0, 0.1) is 5.41 Å². The molecular weight excluding hydrogens is 262 g/mol. The molecule has 0 aromatic heterocycles. The van der Waals surface area contributed by atoms with Gasteiger partial charge in [0.15, 0.2) is 5.78 Å². The second kappa shape index (κ2) is 6.18. The van der Waals surface area contributed by atoms with Crippen LogP contribution < -0.4 is 0 Å². The summed E-state index contributed by atoms with van der Waals surface area (Å²) in [5.41, 5.74) is 1.29. The second-order valence-corrected chi connectivity index (χ2v) is 6.81. The van der Waals surface area contributed by atoms with E-state index in [0.29, 0.717) is 17.5 Å². The third-order valence-electron chi connectivity index (χ3n) is 5.39. The molecule has 1 aliphatic carbocycles. The highest BCUT2D eigenvalue weighted by Crippen LogP contribution is 2.44. The lowest BCUT2D eigenvalue weighted by Crippen LogP contribution is -2.43. The van der Waals surface area contributed by atoms with Crippen LogP contribution in [0.25, 0.3) is 0 Å². The Bertz CT molecular complexity index is 478. The fourth-order valence-corrected chi connectivity index (χ4v) is 3.93. The SMILES string of the molecule is O=C(CN1CCC2(CCCCC2)CC1)c1ccc(O)cc1. The van der Waals surface area contributed by atoms with Gasteiger partial charge in [-0.2, -0.15) is 0 Å². The molecular formula is C18H25NO2. The first-order chi connectivity index (χ1) is 10.2. The quantitative estimate of drug-likeness (QED) is 0.863. The van der Waals surface area contributed by atoms with Crippen LogP contribution in [0.1, 0.15) is 55.3 Å². The topological polar surface area (TPSA) is 40.5 Å². The van der Waals surface area contributed by atoms with E-state index in [1.54, 1.807) is 24.3 Å². The molecule has 1 spiro atoms. The van der Waals surface area contributed by atoms with Crippen molar-refractivity contribution >= 4 is 5.78 Å². The zero-order valence-electron chi connectivity index (χ0n) is 12.7. The summed E-state index contributed by atoms with van der Waals surface area (Å²) in [5.74, 6) is 0.373. The molecule has 1 saturated heterocycles. The van der Waals surface area contributed by atoms with Gasteiger partial charge in [0, 0.05) is 5.56 Å². The van der Waals surface area contributed by atoms with E-state index in [4.69, 9.17) is 0 Å². The smallest absolute Gasteiger partial charge is 0.176 e. The molecule has 0 atom stereocenters. The maximum Gasteiger partial charge on any atom is 0.176 e. The molecule has 1 heterocycles. The van der Waals surface area contributed by atoms with Gasteiger partial charge in [0.2, 0.25) is 0 Å². The first-order valence-corrected chi connectivity index (χ1v) is 8.22. The van der Waals surface area contributed by atoms with E-state index in [1.807, 2.05) is 0 Å². The molecule has 1 aromatic carbocycles. The summed E-state index contributed by atoms with van der Waals surface area (Å²) in [6.07, 6.45) is 9.51. The van der Waals surface area contributed by atoms with Gasteiger partial charge >= 0.3 is 0 Å². The first-order valence-electron chi connectivity index (χ1n) is 8.22. The molecule has 1 aliphatic heterocycles. The Morgan fingerprint density at radius 3 is 2.24 bits per heavy atom. The molecule has 114 valence electrons. The van der Waals surface area contributed by atoms with Gasteiger partial charge in [0.25, 0.3) is 0 Å². The second-order valence-electron chi connectivity index (χ2n) is 6.81. The zero-order chi connectivity index (χ0) is 14.7. The van der Waals surface area contributed by atoms with Crippen molar-refractivity contribution in [3.63, 3.8) is 0 Å². The van der Waals surface area contributed by atoms with Crippen LogP contribution in [0.4, 0.5) is 0 Å². The van der Waals surface area contributed by atoms with E-state index in [2.05, 4.69) is 4.90 Å². The number of piperidine rings is 1. The van der Waals surface area contributed by atoms with Crippen molar-refractivity contribution in [2.75, 3.05) is 19.6 Å². The lowest BCUT2D eigenvalue weighted by molar-refractivity contribution is 0.0611. The molecule has 0 unspecified atom stereocenters. The van der Waals surface area contributed by atoms with Crippen LogP contribution in [0.5, 0.6) is 5.75 Å². The van der Waals surface area contributed by atoms with Gasteiger partial charge in [-0.15, -0.1) is 0 Å². The van der Waals surface area contributed by atoms with Crippen molar-refractivity contribution in [3.05, 3.63) is 29.8 Å². The number of carbonyl (C=O) groups is 1. The summed E-state index contributed by atoms with van der Waals surface area (Å²) in [6, 6.07) is 6.59. The largest absolute Gasteiger partial charge is 0.508 e. The minimum Gasteiger partial charge on any atom is -0.508 e. The Labute approximate surface area is 127 Å². The van der Waals surface area contributed by atoms with Crippen LogP contribution in [-0.4, -0.2) is 35.4 Å². The number of likely N-dealkylation sites (tertiary alicyclic amines) is 1. The molecule has 2 fully saturated rings. The number of nitrogens with zero attached hydrogens (tertiary/aromatic N) is 1. The maximum absolute atomic E-state index is 12.3. The van der Waals surface area contributed by atoms with E-state index in [0.717, 1.165) is 13.1 Å². The third-order valence-corrected chi connectivity index (χ3v) is 5.39. The van der Waals surface area contributed by atoms with Crippen LogP contribution in [0.15, 0.2) is 24.3 Å². The van der Waals surface area contributed by atoms with Crippen LogP contribution in [-0.2, 0) is 0 Å². The van der Waals surface area contributed by atoms with E-state index in [1.165, 1.54) is 44.9 Å². The fraction of sp³-hybridized carbons (Fsp3) is 0.611. The van der Waals surface area contributed by atoms with Gasteiger partial charge in [-0.3, -0.25) is 9.69 Å². The molecule has 21 heavy (non-hydrogen) atoms. The minimum atomic E-state index is 0.162. The number of Topliss-reactive ketones (excluding diaryl/α,β-unsaturated/α-hetero) is 1. The highest BCUT2D eigenvalue weighted by molar-refractivity contribution is 5.97. The summed E-state index contributed by atoms with van der Waals surface area (Å²) in [6.45, 7) is 2.63. The average molecular weight is 287 g/mol. The van der Waals surface area contributed by atoms with E-state index >= 15 is 0 Å². The van der Waals surface area contributed by atoms with Crippen molar-refractivity contribution < 1.29 is 9.90 Å². The van der Waals surface area contributed by atoms with Gasteiger partial charge in [-0.1, -0.05) is 19.3 Å². The number of hydrogen-bond acceptors (Lipinski definition) is 3. The van der Waals surface area contributed by atoms with Crippen molar-refractivity contribution in [1.82, 2.24) is 4.90 Å². The minimum absolute atomic E-state index is 0.162. The Balaban J connectivity index is 1.53. The summed E-state index contributed by atoms with van der Waals surface area (Å²) in [7, 11) is 0. The molecule has 0 amide bonds. The first kappa shape index (κ1) is 14.6.